The minimum absolute atomic E-state index is 0.142. The summed E-state index contributed by atoms with van der Waals surface area (Å²) >= 11 is 1.75. The van der Waals surface area contributed by atoms with Gasteiger partial charge in [-0.3, -0.25) is 4.79 Å². The van der Waals surface area contributed by atoms with Gasteiger partial charge in [0.05, 0.1) is 16.1 Å². The molecular formula is C19H25N3OS. The number of anilines is 1. The molecule has 0 spiro atoms. The first-order chi connectivity index (χ1) is 11.8. The molecule has 4 rings (SSSR count). The van der Waals surface area contributed by atoms with Gasteiger partial charge < -0.3 is 9.80 Å². The number of para-hydroxylation sites is 1. The number of carbonyl (C=O) groups excluding carboxylic acids is 1. The van der Waals surface area contributed by atoms with Crippen LogP contribution in [0.4, 0.5) is 5.13 Å². The van der Waals surface area contributed by atoms with Gasteiger partial charge in [0.15, 0.2) is 5.13 Å². The maximum absolute atomic E-state index is 12.9. The fraction of sp³-hybridized carbons (Fsp3) is 0.579. The molecule has 1 aromatic heterocycles. The van der Waals surface area contributed by atoms with Crippen molar-refractivity contribution in [3.63, 3.8) is 0 Å². The summed E-state index contributed by atoms with van der Waals surface area (Å²) < 4.78 is 1.23. The summed E-state index contributed by atoms with van der Waals surface area (Å²) in [7, 11) is 0. The molecule has 0 N–H and O–H groups in total. The number of rotatable bonds is 2. The number of benzene rings is 1. The summed E-state index contributed by atoms with van der Waals surface area (Å²) in [5.74, 6) is 0.520. The molecule has 128 valence electrons. The molecule has 0 saturated carbocycles. The van der Waals surface area contributed by atoms with Crippen molar-refractivity contribution in [1.29, 1.82) is 0 Å². The van der Waals surface area contributed by atoms with E-state index >= 15 is 0 Å². The number of hydrogen-bond acceptors (Lipinski definition) is 4. The van der Waals surface area contributed by atoms with E-state index in [1.807, 2.05) is 6.07 Å². The SMILES string of the molecule is O=C(C1CCCN(c2nc3ccccc3s2)C1)N1CCCCCC1. The Morgan fingerprint density at radius 2 is 1.83 bits per heavy atom. The number of aromatic nitrogens is 1. The monoisotopic (exact) mass is 343 g/mol. The zero-order chi connectivity index (χ0) is 16.4. The van der Waals surface area contributed by atoms with Crippen LogP contribution >= 0.6 is 11.3 Å². The maximum atomic E-state index is 12.9. The van der Waals surface area contributed by atoms with Crippen molar-refractivity contribution in [2.45, 2.75) is 38.5 Å². The lowest BCUT2D eigenvalue weighted by atomic mass is 9.96. The highest BCUT2D eigenvalue weighted by Gasteiger charge is 2.30. The summed E-state index contributed by atoms with van der Waals surface area (Å²) in [4.78, 5) is 22.2. The third-order valence-corrected chi connectivity index (χ3v) is 6.34. The third-order valence-electron chi connectivity index (χ3n) is 5.24. The summed E-state index contributed by atoms with van der Waals surface area (Å²) in [6, 6.07) is 8.29. The Balaban J connectivity index is 1.47. The van der Waals surface area contributed by atoms with Gasteiger partial charge in [0, 0.05) is 26.2 Å². The Kier molecular flexibility index (Phi) is 4.69. The lowest BCUT2D eigenvalue weighted by Crippen LogP contribution is -2.45. The summed E-state index contributed by atoms with van der Waals surface area (Å²) in [5, 5.41) is 1.07. The average molecular weight is 343 g/mol. The molecule has 0 radical (unpaired) electrons. The van der Waals surface area contributed by atoms with Crippen molar-refractivity contribution in [3.05, 3.63) is 24.3 Å². The van der Waals surface area contributed by atoms with Crippen LogP contribution in [0.15, 0.2) is 24.3 Å². The predicted molar refractivity (Wildman–Crippen MR) is 99.6 cm³/mol. The van der Waals surface area contributed by atoms with Crippen LogP contribution in [0.2, 0.25) is 0 Å². The molecule has 2 aliphatic rings. The second-order valence-corrected chi connectivity index (χ2v) is 8.00. The zero-order valence-electron chi connectivity index (χ0n) is 14.1. The first-order valence-corrected chi connectivity index (χ1v) is 10.0. The standard InChI is InChI=1S/C19H25N3OS/c23-18(21-11-5-1-2-6-12-21)15-8-7-13-22(14-15)19-20-16-9-3-4-10-17(16)24-19/h3-4,9-10,15H,1-2,5-8,11-14H2. The highest BCUT2D eigenvalue weighted by molar-refractivity contribution is 7.22. The van der Waals surface area contributed by atoms with E-state index < -0.39 is 0 Å². The van der Waals surface area contributed by atoms with Crippen molar-refractivity contribution >= 4 is 32.6 Å². The largest absolute Gasteiger partial charge is 0.347 e. The van der Waals surface area contributed by atoms with Crippen LogP contribution in [-0.2, 0) is 4.79 Å². The highest BCUT2D eigenvalue weighted by atomic mass is 32.1. The van der Waals surface area contributed by atoms with Crippen molar-refractivity contribution in [1.82, 2.24) is 9.88 Å². The predicted octanol–water partition coefficient (Wildman–Crippen LogP) is 3.92. The molecule has 2 aliphatic heterocycles. The van der Waals surface area contributed by atoms with Crippen LogP contribution in [0.3, 0.4) is 0 Å². The minimum Gasteiger partial charge on any atom is -0.347 e. The number of thiazole rings is 1. The van der Waals surface area contributed by atoms with Gasteiger partial charge in [-0.25, -0.2) is 4.98 Å². The summed E-state index contributed by atoms with van der Waals surface area (Å²) in [6.45, 7) is 3.76. The zero-order valence-corrected chi connectivity index (χ0v) is 14.9. The van der Waals surface area contributed by atoms with Crippen LogP contribution < -0.4 is 4.90 Å². The molecule has 2 fully saturated rings. The van der Waals surface area contributed by atoms with Gasteiger partial charge in [0.2, 0.25) is 5.91 Å². The van der Waals surface area contributed by atoms with Crippen molar-refractivity contribution in [2.75, 3.05) is 31.1 Å². The fourth-order valence-corrected chi connectivity index (χ4v) is 4.90. The number of amides is 1. The quantitative estimate of drug-likeness (QED) is 0.829. The smallest absolute Gasteiger partial charge is 0.227 e. The fourth-order valence-electron chi connectivity index (χ4n) is 3.90. The number of piperidine rings is 1. The maximum Gasteiger partial charge on any atom is 0.227 e. The molecule has 2 saturated heterocycles. The number of nitrogens with zero attached hydrogens (tertiary/aromatic N) is 3. The number of fused-ring (bicyclic) bond motifs is 1. The Hall–Kier alpha value is -1.62. The molecule has 0 aliphatic carbocycles. The van der Waals surface area contributed by atoms with E-state index in [2.05, 4.69) is 28.0 Å². The lowest BCUT2D eigenvalue weighted by Gasteiger charge is -2.34. The Labute approximate surface area is 147 Å². The van der Waals surface area contributed by atoms with Gasteiger partial charge in [0.1, 0.15) is 0 Å². The summed E-state index contributed by atoms with van der Waals surface area (Å²) in [6.07, 6.45) is 6.98. The molecule has 24 heavy (non-hydrogen) atoms. The molecule has 1 aromatic carbocycles. The Morgan fingerprint density at radius 3 is 2.62 bits per heavy atom. The average Bonchev–Trinajstić information content (AvgIpc) is 2.88. The van der Waals surface area contributed by atoms with Gasteiger partial charge in [-0.1, -0.05) is 36.3 Å². The number of carbonyl (C=O) groups is 1. The molecule has 1 atom stereocenters. The van der Waals surface area contributed by atoms with E-state index in [1.54, 1.807) is 11.3 Å². The first-order valence-electron chi connectivity index (χ1n) is 9.20. The Morgan fingerprint density at radius 1 is 1.04 bits per heavy atom. The third kappa shape index (κ3) is 3.27. The van der Waals surface area contributed by atoms with E-state index in [0.29, 0.717) is 5.91 Å². The molecule has 1 amide bonds. The normalized spacial score (nSPS) is 22.6. The van der Waals surface area contributed by atoms with Crippen LogP contribution in [0.1, 0.15) is 38.5 Å². The second kappa shape index (κ2) is 7.09. The molecule has 0 bridgehead atoms. The van der Waals surface area contributed by atoms with Gasteiger partial charge in [-0.15, -0.1) is 0 Å². The molecule has 3 heterocycles. The van der Waals surface area contributed by atoms with Gasteiger partial charge in [-0.2, -0.15) is 0 Å². The van der Waals surface area contributed by atoms with E-state index in [1.165, 1.54) is 30.4 Å². The van der Waals surface area contributed by atoms with Crippen molar-refractivity contribution < 1.29 is 4.79 Å². The molecular weight excluding hydrogens is 318 g/mol. The van der Waals surface area contributed by atoms with E-state index in [0.717, 1.165) is 49.7 Å². The molecule has 2 aromatic rings. The van der Waals surface area contributed by atoms with Crippen molar-refractivity contribution in [3.8, 4) is 0 Å². The van der Waals surface area contributed by atoms with Crippen LogP contribution in [-0.4, -0.2) is 42.0 Å². The van der Waals surface area contributed by atoms with Gasteiger partial charge >= 0.3 is 0 Å². The summed E-state index contributed by atoms with van der Waals surface area (Å²) in [5.41, 5.74) is 1.07. The highest BCUT2D eigenvalue weighted by Crippen LogP contribution is 2.32. The minimum atomic E-state index is 0.142. The first kappa shape index (κ1) is 15.9. The van der Waals surface area contributed by atoms with Crippen LogP contribution in [0.25, 0.3) is 10.2 Å². The van der Waals surface area contributed by atoms with E-state index in [4.69, 9.17) is 4.98 Å². The second-order valence-electron chi connectivity index (χ2n) is 6.99. The van der Waals surface area contributed by atoms with Gasteiger partial charge in [0.25, 0.3) is 0 Å². The Bertz CT molecular complexity index is 672. The molecule has 4 nitrogen and oxygen atoms in total. The molecule has 5 heteroatoms. The van der Waals surface area contributed by atoms with Crippen LogP contribution in [0, 0.1) is 5.92 Å². The number of hydrogen-bond donors (Lipinski definition) is 0. The van der Waals surface area contributed by atoms with Crippen LogP contribution in [0.5, 0.6) is 0 Å². The van der Waals surface area contributed by atoms with Crippen molar-refractivity contribution in [2.24, 2.45) is 5.92 Å². The van der Waals surface area contributed by atoms with E-state index in [-0.39, 0.29) is 5.92 Å². The number of likely N-dealkylation sites (tertiary alicyclic amines) is 1. The lowest BCUT2D eigenvalue weighted by molar-refractivity contribution is -0.135. The molecule has 1 unspecified atom stereocenters. The van der Waals surface area contributed by atoms with E-state index in [9.17, 15) is 4.79 Å². The van der Waals surface area contributed by atoms with Gasteiger partial charge in [-0.05, 0) is 37.8 Å². The topological polar surface area (TPSA) is 36.4 Å².